The van der Waals surface area contributed by atoms with Gasteiger partial charge in [-0.05, 0) is 31.5 Å². The fourth-order valence-corrected chi connectivity index (χ4v) is 2.53. The molecular weight excluding hydrogens is 266 g/mol. The molecule has 1 saturated heterocycles. The summed E-state index contributed by atoms with van der Waals surface area (Å²) in [7, 11) is 0. The van der Waals surface area contributed by atoms with Gasteiger partial charge in [0.25, 0.3) is 5.91 Å². The standard InChI is InChI=1S/C15H19N5O/c1-11-4-3-5-13(8-11)20-10-17-14(18-20)15(21)19-7-6-16-9-12(19)2/h3-5,8,10,12,16H,6-7,9H2,1-2H3. The lowest BCUT2D eigenvalue weighted by molar-refractivity contribution is 0.0643. The number of aryl methyl sites for hydroxylation is 1. The SMILES string of the molecule is Cc1cccc(-n2cnc(C(=O)N3CCNCC3C)n2)c1. The van der Waals surface area contributed by atoms with Crippen molar-refractivity contribution in [2.45, 2.75) is 19.9 Å². The molecule has 0 radical (unpaired) electrons. The van der Waals surface area contributed by atoms with Crippen LogP contribution in [0.15, 0.2) is 30.6 Å². The fraction of sp³-hybridized carbons (Fsp3) is 0.400. The Morgan fingerprint density at radius 1 is 1.43 bits per heavy atom. The van der Waals surface area contributed by atoms with E-state index in [0.29, 0.717) is 6.54 Å². The number of carbonyl (C=O) groups is 1. The summed E-state index contributed by atoms with van der Waals surface area (Å²) in [5.41, 5.74) is 2.06. The minimum atomic E-state index is -0.101. The van der Waals surface area contributed by atoms with Crippen LogP contribution in [0.1, 0.15) is 23.1 Å². The summed E-state index contributed by atoms with van der Waals surface area (Å²) < 4.78 is 1.65. The maximum absolute atomic E-state index is 12.5. The Morgan fingerprint density at radius 2 is 2.29 bits per heavy atom. The van der Waals surface area contributed by atoms with Crippen LogP contribution < -0.4 is 5.32 Å². The molecule has 3 rings (SSSR count). The summed E-state index contributed by atoms with van der Waals surface area (Å²) in [6.07, 6.45) is 1.59. The Hall–Kier alpha value is -2.21. The lowest BCUT2D eigenvalue weighted by Crippen LogP contribution is -2.52. The van der Waals surface area contributed by atoms with Crippen molar-refractivity contribution in [3.05, 3.63) is 42.0 Å². The van der Waals surface area contributed by atoms with Gasteiger partial charge in [-0.3, -0.25) is 4.79 Å². The van der Waals surface area contributed by atoms with Crippen molar-refractivity contribution in [3.63, 3.8) is 0 Å². The van der Waals surface area contributed by atoms with Gasteiger partial charge in [-0.25, -0.2) is 9.67 Å². The lowest BCUT2D eigenvalue weighted by Gasteiger charge is -2.33. The Balaban J connectivity index is 1.83. The number of hydrogen-bond acceptors (Lipinski definition) is 4. The third-order valence-corrected chi connectivity index (χ3v) is 3.71. The van der Waals surface area contributed by atoms with Crippen LogP contribution in [0, 0.1) is 6.92 Å². The molecule has 1 atom stereocenters. The van der Waals surface area contributed by atoms with Gasteiger partial charge in [0.05, 0.1) is 5.69 Å². The molecule has 1 aliphatic rings. The zero-order valence-electron chi connectivity index (χ0n) is 12.3. The molecule has 0 saturated carbocycles. The van der Waals surface area contributed by atoms with Crippen molar-refractivity contribution in [2.75, 3.05) is 19.6 Å². The highest BCUT2D eigenvalue weighted by atomic mass is 16.2. The molecule has 1 N–H and O–H groups in total. The first-order valence-electron chi connectivity index (χ1n) is 7.15. The summed E-state index contributed by atoms with van der Waals surface area (Å²) in [6, 6.07) is 8.11. The third kappa shape index (κ3) is 2.80. The topological polar surface area (TPSA) is 63.1 Å². The van der Waals surface area contributed by atoms with Gasteiger partial charge >= 0.3 is 0 Å². The molecule has 0 aliphatic carbocycles. The largest absolute Gasteiger partial charge is 0.331 e. The maximum atomic E-state index is 12.5. The highest BCUT2D eigenvalue weighted by molar-refractivity contribution is 5.90. The minimum Gasteiger partial charge on any atom is -0.331 e. The summed E-state index contributed by atoms with van der Waals surface area (Å²) >= 11 is 0. The second-order valence-electron chi connectivity index (χ2n) is 5.40. The molecule has 110 valence electrons. The van der Waals surface area contributed by atoms with E-state index in [2.05, 4.69) is 15.4 Å². The van der Waals surface area contributed by atoms with Crippen molar-refractivity contribution in [1.82, 2.24) is 25.0 Å². The number of amides is 1. The molecule has 1 unspecified atom stereocenters. The van der Waals surface area contributed by atoms with E-state index in [4.69, 9.17) is 0 Å². The summed E-state index contributed by atoms with van der Waals surface area (Å²) in [5.74, 6) is 0.153. The van der Waals surface area contributed by atoms with Gasteiger partial charge < -0.3 is 10.2 Å². The predicted octanol–water partition coefficient (Wildman–Crippen LogP) is 1.01. The summed E-state index contributed by atoms with van der Waals surface area (Å²) in [6.45, 7) is 6.37. The molecular formula is C15H19N5O. The number of nitrogens with zero attached hydrogens (tertiary/aromatic N) is 4. The first-order chi connectivity index (χ1) is 10.1. The van der Waals surface area contributed by atoms with Gasteiger partial charge in [0.1, 0.15) is 6.33 Å². The average molecular weight is 285 g/mol. The Morgan fingerprint density at radius 3 is 3.05 bits per heavy atom. The second kappa shape index (κ2) is 5.65. The molecule has 1 fully saturated rings. The molecule has 1 aliphatic heterocycles. The number of hydrogen-bond donors (Lipinski definition) is 1. The van der Waals surface area contributed by atoms with Crippen LogP contribution in [0.4, 0.5) is 0 Å². The molecule has 1 aromatic heterocycles. The minimum absolute atomic E-state index is 0.101. The molecule has 2 heterocycles. The molecule has 6 heteroatoms. The van der Waals surface area contributed by atoms with Gasteiger partial charge in [-0.15, -0.1) is 5.10 Å². The van der Waals surface area contributed by atoms with Crippen LogP contribution in [-0.2, 0) is 0 Å². The lowest BCUT2D eigenvalue weighted by atomic mass is 10.2. The monoisotopic (exact) mass is 285 g/mol. The van der Waals surface area contributed by atoms with E-state index in [1.807, 2.05) is 43.0 Å². The predicted molar refractivity (Wildman–Crippen MR) is 79.5 cm³/mol. The van der Waals surface area contributed by atoms with E-state index >= 15 is 0 Å². The van der Waals surface area contributed by atoms with E-state index in [0.717, 1.165) is 24.3 Å². The molecule has 6 nitrogen and oxygen atoms in total. The Bertz CT molecular complexity index is 651. The van der Waals surface area contributed by atoms with Gasteiger partial charge in [-0.1, -0.05) is 12.1 Å². The normalized spacial score (nSPS) is 18.8. The van der Waals surface area contributed by atoms with Crippen molar-refractivity contribution in [1.29, 1.82) is 0 Å². The van der Waals surface area contributed by atoms with Gasteiger partial charge in [0.2, 0.25) is 5.82 Å². The zero-order valence-corrected chi connectivity index (χ0v) is 12.3. The van der Waals surface area contributed by atoms with Gasteiger partial charge in [-0.2, -0.15) is 0 Å². The van der Waals surface area contributed by atoms with E-state index in [-0.39, 0.29) is 17.8 Å². The van der Waals surface area contributed by atoms with Crippen molar-refractivity contribution in [3.8, 4) is 5.69 Å². The zero-order chi connectivity index (χ0) is 14.8. The molecule has 0 bridgehead atoms. The molecule has 1 amide bonds. The first-order valence-corrected chi connectivity index (χ1v) is 7.15. The highest BCUT2D eigenvalue weighted by Gasteiger charge is 2.26. The molecule has 21 heavy (non-hydrogen) atoms. The van der Waals surface area contributed by atoms with Crippen molar-refractivity contribution >= 4 is 5.91 Å². The number of nitrogens with one attached hydrogen (secondary N) is 1. The van der Waals surface area contributed by atoms with E-state index in [1.165, 1.54) is 0 Å². The van der Waals surface area contributed by atoms with Crippen molar-refractivity contribution < 1.29 is 4.79 Å². The smallest absolute Gasteiger partial charge is 0.293 e. The first kappa shape index (κ1) is 13.8. The summed E-state index contributed by atoms with van der Waals surface area (Å²) in [4.78, 5) is 18.5. The van der Waals surface area contributed by atoms with Crippen LogP contribution >= 0.6 is 0 Å². The molecule has 1 aromatic carbocycles. The van der Waals surface area contributed by atoms with Crippen molar-refractivity contribution in [2.24, 2.45) is 0 Å². The highest BCUT2D eigenvalue weighted by Crippen LogP contribution is 2.11. The fourth-order valence-electron chi connectivity index (χ4n) is 2.53. The number of carbonyl (C=O) groups excluding carboxylic acids is 1. The number of aromatic nitrogens is 3. The number of rotatable bonds is 2. The van der Waals surface area contributed by atoms with Crippen LogP contribution in [-0.4, -0.2) is 51.2 Å². The van der Waals surface area contributed by atoms with E-state index in [9.17, 15) is 4.79 Å². The van der Waals surface area contributed by atoms with E-state index in [1.54, 1.807) is 11.0 Å². The quantitative estimate of drug-likeness (QED) is 0.894. The third-order valence-electron chi connectivity index (χ3n) is 3.71. The summed E-state index contributed by atoms with van der Waals surface area (Å²) in [5, 5.41) is 7.59. The Kier molecular flexibility index (Phi) is 3.70. The number of piperazine rings is 1. The molecule has 0 spiro atoms. The van der Waals surface area contributed by atoms with Crippen LogP contribution in [0.25, 0.3) is 5.69 Å². The van der Waals surface area contributed by atoms with Crippen LogP contribution in [0.5, 0.6) is 0 Å². The van der Waals surface area contributed by atoms with E-state index < -0.39 is 0 Å². The average Bonchev–Trinajstić information content (AvgIpc) is 2.97. The second-order valence-corrected chi connectivity index (χ2v) is 5.40. The Labute approximate surface area is 123 Å². The number of benzene rings is 1. The van der Waals surface area contributed by atoms with Gasteiger partial charge in [0, 0.05) is 25.7 Å². The van der Waals surface area contributed by atoms with Crippen LogP contribution in [0.2, 0.25) is 0 Å². The molecule has 2 aromatic rings. The van der Waals surface area contributed by atoms with Gasteiger partial charge in [0.15, 0.2) is 0 Å². The van der Waals surface area contributed by atoms with Crippen LogP contribution in [0.3, 0.4) is 0 Å². The maximum Gasteiger partial charge on any atom is 0.293 e.